The molecular formula is C21H33N. The zero-order valence-corrected chi connectivity index (χ0v) is 15.1. The molecular weight excluding hydrogens is 266 g/mol. The third-order valence-electron chi connectivity index (χ3n) is 3.88. The van der Waals surface area contributed by atoms with Gasteiger partial charge in [0.15, 0.2) is 0 Å². The Balaban J connectivity index is 6.15. The molecule has 0 aromatic heterocycles. The highest BCUT2D eigenvalue weighted by Crippen LogP contribution is 2.40. The molecule has 0 aliphatic carbocycles. The minimum absolute atomic E-state index is 0.128. The highest BCUT2D eigenvalue weighted by Gasteiger charge is 2.32. The van der Waals surface area contributed by atoms with Crippen molar-refractivity contribution in [3.05, 3.63) is 60.3 Å². The number of hydrogen-bond donors (Lipinski definition) is 0. The van der Waals surface area contributed by atoms with E-state index in [0.29, 0.717) is 0 Å². The summed E-state index contributed by atoms with van der Waals surface area (Å²) >= 11 is 0. The molecule has 0 fully saturated rings. The molecule has 0 spiro atoms. The number of allylic oxidation sites excluding steroid dienone is 9. The van der Waals surface area contributed by atoms with Gasteiger partial charge in [0.25, 0.3) is 0 Å². The van der Waals surface area contributed by atoms with Gasteiger partial charge < -0.3 is 0 Å². The smallest absolute Gasteiger partial charge is 0.0507 e. The molecule has 0 bridgehead atoms. The first-order chi connectivity index (χ1) is 10.7. The van der Waals surface area contributed by atoms with Gasteiger partial charge in [-0.05, 0) is 31.3 Å². The SMILES string of the molecule is C=C/C=C\C(=C/CC)C(C=NC)(CC)/C(=C/C=C\CC)CC. The van der Waals surface area contributed by atoms with E-state index in [-0.39, 0.29) is 5.41 Å². The first-order valence-corrected chi connectivity index (χ1v) is 8.45. The van der Waals surface area contributed by atoms with Crippen LogP contribution in [-0.2, 0) is 0 Å². The number of hydrogen-bond acceptors (Lipinski definition) is 1. The summed E-state index contributed by atoms with van der Waals surface area (Å²) in [4.78, 5) is 4.40. The average Bonchev–Trinajstić information content (AvgIpc) is 2.54. The van der Waals surface area contributed by atoms with Crippen LogP contribution in [0.1, 0.15) is 53.4 Å². The minimum atomic E-state index is -0.128. The summed E-state index contributed by atoms with van der Waals surface area (Å²) in [6.45, 7) is 12.6. The van der Waals surface area contributed by atoms with Crippen LogP contribution in [0.5, 0.6) is 0 Å². The Labute approximate surface area is 137 Å². The van der Waals surface area contributed by atoms with Gasteiger partial charge in [-0.25, -0.2) is 0 Å². The summed E-state index contributed by atoms with van der Waals surface area (Å²) in [5.41, 5.74) is 2.58. The predicted octanol–water partition coefficient (Wildman–Crippen LogP) is 6.46. The monoisotopic (exact) mass is 299 g/mol. The highest BCUT2D eigenvalue weighted by molar-refractivity contribution is 5.77. The van der Waals surface area contributed by atoms with Crippen molar-refractivity contribution in [2.75, 3.05) is 7.05 Å². The Morgan fingerprint density at radius 1 is 1.09 bits per heavy atom. The molecule has 0 aromatic rings. The van der Waals surface area contributed by atoms with Crippen molar-refractivity contribution in [1.29, 1.82) is 0 Å². The molecule has 0 aliphatic rings. The van der Waals surface area contributed by atoms with Gasteiger partial charge >= 0.3 is 0 Å². The fourth-order valence-corrected chi connectivity index (χ4v) is 2.78. The molecule has 0 N–H and O–H groups in total. The Bertz CT molecular complexity index is 460. The first kappa shape index (κ1) is 20.4. The molecule has 0 aliphatic heterocycles. The van der Waals surface area contributed by atoms with E-state index in [9.17, 15) is 0 Å². The van der Waals surface area contributed by atoms with Crippen molar-refractivity contribution < 1.29 is 0 Å². The van der Waals surface area contributed by atoms with Gasteiger partial charge in [0.05, 0.1) is 5.41 Å². The van der Waals surface area contributed by atoms with Crippen LogP contribution in [0.2, 0.25) is 0 Å². The molecule has 22 heavy (non-hydrogen) atoms. The molecule has 0 rings (SSSR count). The molecule has 0 radical (unpaired) electrons. The second kappa shape index (κ2) is 12.0. The van der Waals surface area contributed by atoms with E-state index < -0.39 is 0 Å². The van der Waals surface area contributed by atoms with Crippen LogP contribution in [-0.4, -0.2) is 13.3 Å². The van der Waals surface area contributed by atoms with Gasteiger partial charge in [-0.3, -0.25) is 4.99 Å². The Morgan fingerprint density at radius 3 is 2.27 bits per heavy atom. The molecule has 1 nitrogen and oxygen atoms in total. The summed E-state index contributed by atoms with van der Waals surface area (Å²) in [7, 11) is 1.86. The van der Waals surface area contributed by atoms with E-state index in [4.69, 9.17) is 0 Å². The number of aliphatic imine (C=N–C) groups is 1. The zero-order valence-electron chi connectivity index (χ0n) is 15.1. The quantitative estimate of drug-likeness (QED) is 0.324. The zero-order chi connectivity index (χ0) is 16.8. The van der Waals surface area contributed by atoms with Crippen molar-refractivity contribution in [3.63, 3.8) is 0 Å². The van der Waals surface area contributed by atoms with Crippen LogP contribution in [0.4, 0.5) is 0 Å². The molecule has 0 amide bonds. The van der Waals surface area contributed by atoms with Crippen molar-refractivity contribution in [2.45, 2.75) is 53.4 Å². The topological polar surface area (TPSA) is 12.4 Å². The van der Waals surface area contributed by atoms with Gasteiger partial charge in [0, 0.05) is 13.3 Å². The maximum absolute atomic E-state index is 4.40. The number of nitrogens with zero attached hydrogens (tertiary/aromatic N) is 1. The first-order valence-electron chi connectivity index (χ1n) is 8.45. The molecule has 0 aromatic carbocycles. The fourth-order valence-electron chi connectivity index (χ4n) is 2.78. The largest absolute Gasteiger partial charge is 0.300 e. The van der Waals surface area contributed by atoms with Crippen LogP contribution >= 0.6 is 0 Å². The van der Waals surface area contributed by atoms with Gasteiger partial charge in [0.2, 0.25) is 0 Å². The second-order valence-corrected chi connectivity index (χ2v) is 5.26. The molecule has 1 atom stereocenters. The average molecular weight is 300 g/mol. The standard InChI is InChI=1S/C21H33N/c1-7-12-14-17-19(10-4)21(11-5,18-22-6)20(15-9-3)16-13-8-2/h8,12-18H,2,7,9-11H2,1,3-6H3/b14-12-,16-13-,19-17+,20-15+,22-18?. The molecule has 1 unspecified atom stereocenters. The van der Waals surface area contributed by atoms with Crippen molar-refractivity contribution in [3.8, 4) is 0 Å². The number of rotatable bonds is 10. The molecule has 1 heteroatoms. The van der Waals surface area contributed by atoms with E-state index >= 15 is 0 Å². The lowest BCUT2D eigenvalue weighted by molar-refractivity contribution is 0.570. The lowest BCUT2D eigenvalue weighted by atomic mass is 9.70. The Hall–Kier alpha value is -1.63. The fraction of sp³-hybridized carbons (Fsp3) is 0.476. The maximum atomic E-state index is 4.40. The van der Waals surface area contributed by atoms with Crippen LogP contribution in [0, 0.1) is 5.41 Å². The summed E-state index contributed by atoms with van der Waals surface area (Å²) in [5.74, 6) is 0. The third kappa shape index (κ3) is 5.63. The van der Waals surface area contributed by atoms with E-state index in [1.165, 1.54) is 11.1 Å². The second-order valence-electron chi connectivity index (χ2n) is 5.26. The highest BCUT2D eigenvalue weighted by atomic mass is 14.7. The maximum Gasteiger partial charge on any atom is 0.0507 e. The van der Waals surface area contributed by atoms with Crippen LogP contribution in [0.15, 0.2) is 65.2 Å². The predicted molar refractivity (Wildman–Crippen MR) is 103 cm³/mol. The van der Waals surface area contributed by atoms with E-state index in [1.807, 2.05) is 19.2 Å². The summed E-state index contributed by atoms with van der Waals surface area (Å²) in [6.07, 6.45) is 21.2. The van der Waals surface area contributed by atoms with Gasteiger partial charge in [-0.2, -0.15) is 0 Å². The third-order valence-corrected chi connectivity index (χ3v) is 3.88. The van der Waals surface area contributed by atoms with Crippen LogP contribution < -0.4 is 0 Å². The lowest BCUT2D eigenvalue weighted by Gasteiger charge is -2.33. The van der Waals surface area contributed by atoms with Gasteiger partial charge in [0.1, 0.15) is 0 Å². The molecule has 0 heterocycles. The van der Waals surface area contributed by atoms with Gasteiger partial charge in [-0.15, -0.1) is 0 Å². The van der Waals surface area contributed by atoms with E-state index in [1.54, 1.807) is 0 Å². The van der Waals surface area contributed by atoms with E-state index in [2.05, 4.69) is 75.9 Å². The van der Waals surface area contributed by atoms with Crippen molar-refractivity contribution in [1.82, 2.24) is 0 Å². The molecule has 0 saturated carbocycles. The van der Waals surface area contributed by atoms with E-state index in [0.717, 1.165) is 25.7 Å². The van der Waals surface area contributed by atoms with Crippen LogP contribution in [0.25, 0.3) is 0 Å². The minimum Gasteiger partial charge on any atom is -0.300 e. The summed E-state index contributed by atoms with van der Waals surface area (Å²) in [6, 6.07) is 0. The summed E-state index contributed by atoms with van der Waals surface area (Å²) in [5, 5.41) is 0. The molecule has 122 valence electrons. The normalized spacial score (nSPS) is 16.8. The van der Waals surface area contributed by atoms with Crippen molar-refractivity contribution in [2.24, 2.45) is 10.4 Å². The van der Waals surface area contributed by atoms with Crippen LogP contribution in [0.3, 0.4) is 0 Å². The Morgan fingerprint density at radius 2 is 1.82 bits per heavy atom. The lowest BCUT2D eigenvalue weighted by Crippen LogP contribution is -2.27. The Kier molecular flexibility index (Phi) is 11.1. The van der Waals surface area contributed by atoms with Crippen molar-refractivity contribution >= 4 is 6.21 Å². The molecule has 0 saturated heterocycles. The van der Waals surface area contributed by atoms with Gasteiger partial charge in [-0.1, -0.05) is 82.4 Å². The summed E-state index contributed by atoms with van der Waals surface area (Å²) < 4.78 is 0.